The van der Waals surface area contributed by atoms with Crippen LogP contribution in [0.25, 0.3) is 0 Å². The molecule has 1 aliphatic heterocycles. The molecule has 1 aliphatic rings. The molecule has 100 valence electrons. The summed E-state index contributed by atoms with van der Waals surface area (Å²) in [5.74, 6) is 0.660. The average molecular weight is 312 g/mol. The van der Waals surface area contributed by atoms with Crippen LogP contribution in [0, 0.1) is 5.92 Å². The molecule has 2 nitrogen and oxygen atoms in total. The Labute approximate surface area is 118 Å². The van der Waals surface area contributed by atoms with Gasteiger partial charge in [0.25, 0.3) is 0 Å². The highest BCUT2D eigenvalue weighted by atomic mass is 79.9. The fourth-order valence-electron chi connectivity index (χ4n) is 2.66. The van der Waals surface area contributed by atoms with E-state index in [0.29, 0.717) is 12.0 Å². The van der Waals surface area contributed by atoms with Gasteiger partial charge in [-0.1, -0.05) is 54.8 Å². The van der Waals surface area contributed by atoms with Crippen LogP contribution in [0.1, 0.15) is 38.4 Å². The topological polar surface area (TPSA) is 21.3 Å². The molecule has 0 radical (unpaired) electrons. The Bertz CT molecular complexity index is 379. The molecule has 0 bridgehead atoms. The summed E-state index contributed by atoms with van der Waals surface area (Å²) in [7, 11) is 0. The lowest BCUT2D eigenvalue weighted by Crippen LogP contribution is -2.44. The van der Waals surface area contributed by atoms with Gasteiger partial charge in [0, 0.05) is 17.6 Å². The second kappa shape index (κ2) is 6.69. The number of morpholine rings is 1. The second-order valence-corrected chi connectivity index (χ2v) is 5.87. The molecule has 1 N–H and O–H groups in total. The largest absolute Gasteiger partial charge is 0.367 e. The highest BCUT2D eigenvalue weighted by molar-refractivity contribution is 9.10. The van der Waals surface area contributed by atoms with Crippen molar-refractivity contribution in [3.63, 3.8) is 0 Å². The number of hydrogen-bond donors (Lipinski definition) is 1. The van der Waals surface area contributed by atoms with E-state index < -0.39 is 0 Å². The van der Waals surface area contributed by atoms with Gasteiger partial charge in [-0.2, -0.15) is 0 Å². The molecule has 18 heavy (non-hydrogen) atoms. The Morgan fingerprint density at radius 2 is 2.11 bits per heavy atom. The van der Waals surface area contributed by atoms with Crippen LogP contribution in [0.2, 0.25) is 0 Å². The molecule has 1 aromatic carbocycles. The van der Waals surface area contributed by atoms with Crippen LogP contribution in [0.4, 0.5) is 0 Å². The van der Waals surface area contributed by atoms with E-state index in [0.717, 1.165) is 17.6 Å². The van der Waals surface area contributed by atoms with Gasteiger partial charge in [-0.3, -0.25) is 0 Å². The number of halogens is 1. The van der Waals surface area contributed by atoms with Gasteiger partial charge in [0.15, 0.2) is 0 Å². The third kappa shape index (κ3) is 3.34. The van der Waals surface area contributed by atoms with Crippen molar-refractivity contribution in [2.24, 2.45) is 5.92 Å². The zero-order valence-electron chi connectivity index (χ0n) is 11.2. The molecule has 0 amide bonds. The van der Waals surface area contributed by atoms with E-state index in [4.69, 9.17) is 4.74 Å². The van der Waals surface area contributed by atoms with Gasteiger partial charge >= 0.3 is 0 Å². The van der Waals surface area contributed by atoms with Crippen LogP contribution < -0.4 is 5.32 Å². The lowest BCUT2D eigenvalue weighted by atomic mass is 9.94. The van der Waals surface area contributed by atoms with Crippen LogP contribution in [0.5, 0.6) is 0 Å². The van der Waals surface area contributed by atoms with E-state index in [1.807, 2.05) is 0 Å². The maximum Gasteiger partial charge on any atom is 0.0954 e. The first kappa shape index (κ1) is 14.0. The lowest BCUT2D eigenvalue weighted by Gasteiger charge is -2.35. The van der Waals surface area contributed by atoms with Crippen LogP contribution in [-0.4, -0.2) is 19.2 Å². The zero-order chi connectivity index (χ0) is 13.0. The first-order valence-electron chi connectivity index (χ1n) is 6.86. The molecule has 1 fully saturated rings. The van der Waals surface area contributed by atoms with Gasteiger partial charge in [-0.05, 0) is 23.6 Å². The molecule has 0 saturated carbocycles. The quantitative estimate of drug-likeness (QED) is 0.910. The monoisotopic (exact) mass is 311 g/mol. The Hall–Kier alpha value is -0.380. The number of nitrogens with one attached hydrogen (secondary N) is 1. The van der Waals surface area contributed by atoms with Crippen molar-refractivity contribution in [2.75, 3.05) is 13.1 Å². The number of ether oxygens (including phenoxy) is 1. The molecular formula is C15H22BrNO. The maximum atomic E-state index is 6.29. The van der Waals surface area contributed by atoms with E-state index in [1.54, 1.807) is 0 Å². The second-order valence-electron chi connectivity index (χ2n) is 4.95. The van der Waals surface area contributed by atoms with Gasteiger partial charge in [0.1, 0.15) is 0 Å². The first-order chi connectivity index (χ1) is 8.74. The summed E-state index contributed by atoms with van der Waals surface area (Å²) >= 11 is 3.52. The minimum Gasteiger partial charge on any atom is -0.367 e. The summed E-state index contributed by atoms with van der Waals surface area (Å²) in [6, 6.07) is 8.43. The lowest BCUT2D eigenvalue weighted by molar-refractivity contribution is -0.0688. The standard InChI is InChI=1S/C15H22BrNO/c1-3-11(4-2)14-9-17-10-15(18-14)12-6-5-7-13(16)8-12/h5-8,11,14-15,17H,3-4,9-10H2,1-2H3. The average Bonchev–Trinajstić information content (AvgIpc) is 2.41. The highest BCUT2D eigenvalue weighted by Gasteiger charge is 2.27. The Balaban J connectivity index is 2.06. The molecule has 2 unspecified atom stereocenters. The van der Waals surface area contributed by atoms with Crippen molar-refractivity contribution in [1.82, 2.24) is 5.32 Å². The van der Waals surface area contributed by atoms with Crippen molar-refractivity contribution in [2.45, 2.75) is 38.9 Å². The van der Waals surface area contributed by atoms with E-state index >= 15 is 0 Å². The molecule has 1 heterocycles. The molecular weight excluding hydrogens is 290 g/mol. The molecule has 1 saturated heterocycles. The van der Waals surface area contributed by atoms with Crippen LogP contribution in [0.15, 0.2) is 28.7 Å². The summed E-state index contributed by atoms with van der Waals surface area (Å²) in [5.41, 5.74) is 1.26. The number of hydrogen-bond acceptors (Lipinski definition) is 2. The van der Waals surface area contributed by atoms with E-state index in [-0.39, 0.29) is 6.10 Å². The predicted molar refractivity (Wildman–Crippen MR) is 78.7 cm³/mol. The highest BCUT2D eigenvalue weighted by Crippen LogP contribution is 2.28. The van der Waals surface area contributed by atoms with Crippen molar-refractivity contribution in [1.29, 1.82) is 0 Å². The first-order valence-corrected chi connectivity index (χ1v) is 7.65. The fourth-order valence-corrected chi connectivity index (χ4v) is 3.08. The minimum atomic E-state index is 0.182. The molecule has 0 aliphatic carbocycles. The number of rotatable bonds is 4. The van der Waals surface area contributed by atoms with E-state index in [1.165, 1.54) is 18.4 Å². The summed E-state index contributed by atoms with van der Waals surface area (Å²) in [6.07, 6.45) is 2.90. The van der Waals surface area contributed by atoms with Crippen LogP contribution >= 0.6 is 15.9 Å². The Morgan fingerprint density at radius 3 is 2.78 bits per heavy atom. The third-order valence-electron chi connectivity index (χ3n) is 3.81. The van der Waals surface area contributed by atoms with Gasteiger partial charge < -0.3 is 10.1 Å². The third-order valence-corrected chi connectivity index (χ3v) is 4.30. The molecule has 0 spiro atoms. The van der Waals surface area contributed by atoms with E-state index in [9.17, 15) is 0 Å². The van der Waals surface area contributed by atoms with Gasteiger partial charge in [-0.25, -0.2) is 0 Å². The molecule has 2 rings (SSSR count). The van der Waals surface area contributed by atoms with Crippen molar-refractivity contribution in [3.8, 4) is 0 Å². The summed E-state index contributed by atoms with van der Waals surface area (Å²) in [6.45, 7) is 6.39. The van der Waals surface area contributed by atoms with E-state index in [2.05, 4.69) is 59.4 Å². The smallest absolute Gasteiger partial charge is 0.0954 e. The summed E-state index contributed by atoms with van der Waals surface area (Å²) in [5, 5.41) is 3.51. The van der Waals surface area contributed by atoms with Gasteiger partial charge in [0.2, 0.25) is 0 Å². The molecule has 3 heteroatoms. The normalized spacial score (nSPS) is 24.4. The molecule has 1 aromatic rings. The van der Waals surface area contributed by atoms with Crippen LogP contribution in [0.3, 0.4) is 0 Å². The SMILES string of the molecule is CCC(CC)C1CNCC(c2cccc(Br)c2)O1. The molecule has 0 aromatic heterocycles. The van der Waals surface area contributed by atoms with Crippen LogP contribution in [-0.2, 0) is 4.74 Å². The Morgan fingerprint density at radius 1 is 1.33 bits per heavy atom. The maximum absolute atomic E-state index is 6.29. The Kier molecular flexibility index (Phi) is 5.22. The fraction of sp³-hybridized carbons (Fsp3) is 0.600. The van der Waals surface area contributed by atoms with Gasteiger partial charge in [-0.15, -0.1) is 0 Å². The predicted octanol–water partition coefficient (Wildman–Crippen LogP) is 3.91. The van der Waals surface area contributed by atoms with Crippen molar-refractivity contribution >= 4 is 15.9 Å². The summed E-state index contributed by atoms with van der Waals surface area (Å²) < 4.78 is 7.41. The minimum absolute atomic E-state index is 0.182. The zero-order valence-corrected chi connectivity index (χ0v) is 12.7. The van der Waals surface area contributed by atoms with Crippen molar-refractivity contribution < 1.29 is 4.74 Å². The number of benzene rings is 1. The van der Waals surface area contributed by atoms with Gasteiger partial charge in [0.05, 0.1) is 12.2 Å². The van der Waals surface area contributed by atoms with Crippen molar-refractivity contribution in [3.05, 3.63) is 34.3 Å². The molecule has 2 atom stereocenters. The summed E-state index contributed by atoms with van der Waals surface area (Å²) in [4.78, 5) is 0.